The Morgan fingerprint density at radius 3 is 2.08 bits per heavy atom. The van der Waals surface area contributed by atoms with Gasteiger partial charge in [-0.2, -0.15) is 8.42 Å². The zero-order valence-electron chi connectivity index (χ0n) is 19.3. The number of aromatic nitrogens is 2. The smallest absolute Gasteiger partial charge is 0.296 e. The van der Waals surface area contributed by atoms with Crippen LogP contribution in [0.15, 0.2) is 114 Å². The van der Waals surface area contributed by atoms with Crippen LogP contribution < -0.4 is 0 Å². The molecule has 5 nitrogen and oxygen atoms in total. The second-order valence-electron chi connectivity index (χ2n) is 8.42. The molecule has 2 heterocycles. The molecular formula is C30H19IrN2O3S-. The first-order chi connectivity index (χ1) is 17.5. The Bertz CT molecular complexity index is 1870. The predicted molar refractivity (Wildman–Crippen MR) is 142 cm³/mol. The summed E-state index contributed by atoms with van der Waals surface area (Å²) in [7, 11) is -4.11. The maximum Gasteiger partial charge on any atom is 0.312 e. The van der Waals surface area contributed by atoms with Crippen molar-refractivity contribution < 1.29 is 33.1 Å². The van der Waals surface area contributed by atoms with Crippen LogP contribution in [0, 0.1) is 6.07 Å². The number of pyridine rings is 2. The van der Waals surface area contributed by atoms with E-state index in [1.54, 1.807) is 6.07 Å². The van der Waals surface area contributed by atoms with Gasteiger partial charge in [0.2, 0.25) is 0 Å². The van der Waals surface area contributed by atoms with Crippen molar-refractivity contribution >= 4 is 31.8 Å². The maximum atomic E-state index is 10.3. The summed E-state index contributed by atoms with van der Waals surface area (Å²) in [5.41, 5.74) is 8.22. The van der Waals surface area contributed by atoms with Crippen LogP contribution in [-0.2, 0) is 30.2 Å². The zero-order valence-corrected chi connectivity index (χ0v) is 22.5. The fourth-order valence-corrected chi connectivity index (χ4v) is 5.03. The van der Waals surface area contributed by atoms with Crippen LogP contribution in [0.3, 0.4) is 0 Å². The van der Waals surface area contributed by atoms with Crippen LogP contribution in [-0.4, -0.2) is 22.9 Å². The van der Waals surface area contributed by atoms with E-state index >= 15 is 0 Å². The molecule has 2 aromatic heterocycles. The average molecular weight is 680 g/mol. The molecule has 7 rings (SSSR count). The van der Waals surface area contributed by atoms with Gasteiger partial charge < -0.3 is 0 Å². The molecule has 1 N–H and O–H groups in total. The Morgan fingerprint density at radius 1 is 0.703 bits per heavy atom. The van der Waals surface area contributed by atoms with E-state index in [9.17, 15) is 8.42 Å². The minimum atomic E-state index is -4.11. The molecule has 0 spiro atoms. The Hall–Kier alpha value is -3.74. The SMILES string of the molecule is O=S(=O)(O)c1ccccn1.[Ir].[c-]1cc2ccccc2cc1-c1cc2c3c(cccc3n1)-c1ccccc1-2. The molecule has 0 saturated carbocycles. The largest absolute Gasteiger partial charge is 0.312 e. The number of rotatable bonds is 2. The number of hydrogen-bond donors (Lipinski definition) is 1. The van der Waals surface area contributed by atoms with Crippen molar-refractivity contribution in [2.24, 2.45) is 0 Å². The molecule has 0 unspecified atom stereocenters. The van der Waals surface area contributed by atoms with Gasteiger partial charge in [0.1, 0.15) is 0 Å². The third-order valence-electron chi connectivity index (χ3n) is 6.20. The molecule has 0 saturated heterocycles. The van der Waals surface area contributed by atoms with Crippen LogP contribution in [0.5, 0.6) is 0 Å². The summed E-state index contributed by atoms with van der Waals surface area (Å²) in [4.78, 5) is 8.38. The molecule has 0 fully saturated rings. The molecule has 1 aliphatic rings. The van der Waals surface area contributed by atoms with Crippen molar-refractivity contribution in [3.63, 3.8) is 0 Å². The second-order valence-corrected chi connectivity index (χ2v) is 9.79. The van der Waals surface area contributed by atoms with E-state index in [1.807, 2.05) is 0 Å². The predicted octanol–water partition coefficient (Wildman–Crippen LogP) is 6.83. The van der Waals surface area contributed by atoms with Crippen molar-refractivity contribution in [3.05, 3.63) is 115 Å². The Balaban J connectivity index is 0.000000218. The van der Waals surface area contributed by atoms with E-state index < -0.39 is 10.1 Å². The van der Waals surface area contributed by atoms with Crippen molar-refractivity contribution in [2.45, 2.75) is 5.03 Å². The monoisotopic (exact) mass is 680 g/mol. The zero-order chi connectivity index (χ0) is 24.7. The third-order valence-corrected chi connectivity index (χ3v) is 6.97. The summed E-state index contributed by atoms with van der Waals surface area (Å²) in [5, 5.41) is 3.36. The van der Waals surface area contributed by atoms with Crippen molar-refractivity contribution in [2.75, 3.05) is 0 Å². The molecule has 183 valence electrons. The van der Waals surface area contributed by atoms with Gasteiger partial charge in [-0.3, -0.25) is 9.54 Å². The van der Waals surface area contributed by atoms with E-state index in [0.717, 1.165) is 16.8 Å². The summed E-state index contributed by atoms with van der Waals surface area (Å²) in [6.07, 6.45) is 1.29. The molecule has 7 heteroatoms. The molecule has 37 heavy (non-hydrogen) atoms. The van der Waals surface area contributed by atoms with Crippen molar-refractivity contribution in [3.8, 4) is 33.5 Å². The first-order valence-electron chi connectivity index (χ1n) is 11.3. The minimum Gasteiger partial charge on any atom is -0.296 e. The summed E-state index contributed by atoms with van der Waals surface area (Å²) >= 11 is 0. The fourth-order valence-electron chi connectivity index (χ4n) is 4.59. The summed E-state index contributed by atoms with van der Waals surface area (Å²) in [6.45, 7) is 0. The summed E-state index contributed by atoms with van der Waals surface area (Å²) in [5.74, 6) is 0. The van der Waals surface area contributed by atoms with Gasteiger partial charge in [-0.05, 0) is 46.1 Å². The Kier molecular flexibility index (Phi) is 6.71. The number of hydrogen-bond acceptors (Lipinski definition) is 4. The second kappa shape index (κ2) is 9.96. The van der Waals surface area contributed by atoms with Gasteiger partial charge in [-0.25, -0.2) is 4.98 Å². The Morgan fingerprint density at radius 2 is 1.38 bits per heavy atom. The first-order valence-corrected chi connectivity index (χ1v) is 12.8. The Labute approximate surface area is 228 Å². The van der Waals surface area contributed by atoms with E-state index in [1.165, 1.54) is 56.7 Å². The van der Waals surface area contributed by atoms with Gasteiger partial charge >= 0.3 is 10.1 Å². The van der Waals surface area contributed by atoms with E-state index in [0.29, 0.717) is 0 Å². The van der Waals surface area contributed by atoms with Crippen LogP contribution in [0.2, 0.25) is 0 Å². The van der Waals surface area contributed by atoms with Gasteiger partial charge in [0, 0.05) is 31.7 Å². The summed E-state index contributed by atoms with van der Waals surface area (Å²) in [6, 6.07) is 37.6. The molecule has 1 aliphatic carbocycles. The molecule has 1 radical (unpaired) electrons. The molecule has 0 amide bonds. The van der Waals surface area contributed by atoms with Crippen molar-refractivity contribution in [1.82, 2.24) is 9.97 Å². The maximum absolute atomic E-state index is 10.3. The van der Waals surface area contributed by atoms with Crippen LogP contribution >= 0.6 is 0 Å². The van der Waals surface area contributed by atoms with Gasteiger partial charge in [-0.15, -0.1) is 29.1 Å². The average Bonchev–Trinajstić information content (AvgIpc) is 3.24. The van der Waals surface area contributed by atoms with Gasteiger partial charge in [0.25, 0.3) is 0 Å². The van der Waals surface area contributed by atoms with E-state index in [2.05, 4.69) is 96.0 Å². The number of fused-ring (bicyclic) bond motifs is 4. The van der Waals surface area contributed by atoms with Gasteiger partial charge in [0.15, 0.2) is 5.03 Å². The van der Waals surface area contributed by atoms with Gasteiger partial charge in [-0.1, -0.05) is 78.2 Å². The number of nitrogens with zero attached hydrogens (tertiary/aromatic N) is 2. The van der Waals surface area contributed by atoms with Crippen LogP contribution in [0.4, 0.5) is 0 Å². The summed E-state index contributed by atoms with van der Waals surface area (Å²) < 4.78 is 29.1. The molecule has 0 aliphatic heterocycles. The van der Waals surface area contributed by atoms with Crippen molar-refractivity contribution in [1.29, 1.82) is 0 Å². The normalized spacial score (nSPS) is 11.4. The van der Waals surface area contributed by atoms with Crippen LogP contribution in [0.1, 0.15) is 0 Å². The molecule has 6 aromatic rings. The molecular weight excluding hydrogens is 661 g/mol. The minimum absolute atomic E-state index is 0. The topological polar surface area (TPSA) is 80.2 Å². The van der Waals surface area contributed by atoms with E-state index in [-0.39, 0.29) is 25.1 Å². The molecule has 0 bridgehead atoms. The fraction of sp³-hybridized carbons (Fsp3) is 0. The number of benzene rings is 4. The first kappa shape index (κ1) is 24.9. The third kappa shape index (κ3) is 4.70. The molecule has 4 aromatic carbocycles. The van der Waals surface area contributed by atoms with Gasteiger partial charge in [0.05, 0.1) is 5.52 Å². The standard InChI is InChI=1S/C25H14N.C5H5NO3S.Ir/c1-2-7-17-14-18(13-12-16(17)6-1)24-15-22-20-9-4-3-8-19(20)21-10-5-11-23(26-24)25(21)22;7-10(8,9)5-3-1-2-4-6-5;/h1-12,14-15H;1-4H,(H,7,8,9);/q-1;;. The van der Waals surface area contributed by atoms with E-state index in [4.69, 9.17) is 9.54 Å². The quantitative estimate of drug-likeness (QED) is 0.160. The van der Waals surface area contributed by atoms with Crippen LogP contribution in [0.25, 0.3) is 55.2 Å². The molecule has 0 atom stereocenters.